The normalized spacial score (nSPS) is 18.8. The summed E-state index contributed by atoms with van der Waals surface area (Å²) in [6, 6.07) is 5.15. The summed E-state index contributed by atoms with van der Waals surface area (Å²) in [6.45, 7) is 9.67. The zero-order chi connectivity index (χ0) is 22.2. The maximum absolute atomic E-state index is 14.3. The maximum atomic E-state index is 14.3. The van der Waals surface area contributed by atoms with E-state index in [-0.39, 0.29) is 23.2 Å². The third kappa shape index (κ3) is 4.45. The Morgan fingerprint density at radius 2 is 1.80 bits per heavy atom. The summed E-state index contributed by atoms with van der Waals surface area (Å²) in [7, 11) is 1.68. The monoisotopic (exact) mass is 417 g/mol. The predicted octanol–water partition coefficient (Wildman–Crippen LogP) is 5.86. The van der Waals surface area contributed by atoms with Crippen LogP contribution < -0.4 is 0 Å². The molecule has 7 heteroatoms. The van der Waals surface area contributed by atoms with Crippen LogP contribution in [-0.4, -0.2) is 33.8 Å². The number of amides is 1. The number of hydrogen-bond acceptors (Lipinski definition) is 4. The Morgan fingerprint density at radius 3 is 2.37 bits per heavy atom. The van der Waals surface area contributed by atoms with Crippen LogP contribution in [0.1, 0.15) is 70.7 Å². The molecule has 3 rings (SSSR count). The zero-order valence-electron chi connectivity index (χ0n) is 18.4. The van der Waals surface area contributed by atoms with Crippen LogP contribution in [0.4, 0.5) is 13.6 Å². The number of hydrogen-bond donors (Lipinski definition) is 0. The number of fused-ring (bicyclic) bond motifs is 1. The van der Waals surface area contributed by atoms with E-state index in [0.717, 1.165) is 12.0 Å². The summed E-state index contributed by atoms with van der Waals surface area (Å²) in [6.07, 6.45) is 1.11. The first kappa shape index (κ1) is 22.1. The topological polar surface area (TPSA) is 55.3 Å². The molecule has 0 radical (unpaired) electrons. The van der Waals surface area contributed by atoms with Crippen molar-refractivity contribution in [2.45, 2.75) is 65.0 Å². The molecule has 30 heavy (non-hydrogen) atoms. The van der Waals surface area contributed by atoms with Gasteiger partial charge in [-0.3, -0.25) is 0 Å². The molecule has 0 fully saturated rings. The number of halogens is 2. The lowest BCUT2D eigenvalue weighted by molar-refractivity contribution is 0.0193. The van der Waals surface area contributed by atoms with Gasteiger partial charge in [0.05, 0.1) is 23.0 Å². The van der Waals surface area contributed by atoms with Gasteiger partial charge in [-0.15, -0.1) is 5.10 Å². The molecule has 1 amide bonds. The molecule has 1 aromatic carbocycles. The first-order chi connectivity index (χ1) is 14.0. The smallest absolute Gasteiger partial charge is 0.410 e. The van der Waals surface area contributed by atoms with Gasteiger partial charge in [-0.1, -0.05) is 19.9 Å². The van der Waals surface area contributed by atoms with Gasteiger partial charge in [-0.05, 0) is 69.2 Å². The highest BCUT2D eigenvalue weighted by Crippen LogP contribution is 2.43. The van der Waals surface area contributed by atoms with Gasteiger partial charge in [0.1, 0.15) is 17.2 Å². The summed E-state index contributed by atoms with van der Waals surface area (Å²) in [5.41, 5.74) is 0.910. The third-order valence-corrected chi connectivity index (χ3v) is 5.49. The molecule has 1 aromatic heterocycles. The van der Waals surface area contributed by atoms with E-state index in [1.54, 1.807) is 18.0 Å². The quantitative estimate of drug-likeness (QED) is 0.627. The summed E-state index contributed by atoms with van der Waals surface area (Å²) < 4.78 is 34.1. The van der Waals surface area contributed by atoms with E-state index in [1.165, 1.54) is 18.2 Å². The number of rotatable bonds is 3. The minimum Gasteiger partial charge on any atom is -0.444 e. The highest BCUT2D eigenvalue weighted by Gasteiger charge is 2.36. The second-order valence-electron chi connectivity index (χ2n) is 9.20. The summed E-state index contributed by atoms with van der Waals surface area (Å²) in [4.78, 5) is 14.2. The van der Waals surface area contributed by atoms with Gasteiger partial charge >= 0.3 is 6.09 Å². The first-order valence-corrected chi connectivity index (χ1v) is 10.3. The fourth-order valence-corrected chi connectivity index (χ4v) is 4.00. The fraction of sp³-hybridized carbons (Fsp3) is 0.522. The molecule has 2 aromatic rings. The first-order valence-electron chi connectivity index (χ1n) is 10.3. The molecule has 5 nitrogen and oxygen atoms in total. The van der Waals surface area contributed by atoms with Crippen molar-refractivity contribution in [3.05, 3.63) is 47.2 Å². The van der Waals surface area contributed by atoms with Crippen molar-refractivity contribution >= 4 is 6.09 Å². The van der Waals surface area contributed by atoms with Crippen LogP contribution in [-0.2, 0) is 4.74 Å². The SMILES string of the molecule is CC(C)C1CCC(N(C)C(=O)OC(C)(C)C)c2nnc(-c3c(F)cccc3F)cc21. The molecule has 1 heterocycles. The molecule has 1 aliphatic rings. The Hall–Kier alpha value is -2.57. The number of carbonyl (C=O) groups excluding carboxylic acids is 1. The largest absolute Gasteiger partial charge is 0.444 e. The Balaban J connectivity index is 2.04. The lowest BCUT2D eigenvalue weighted by Crippen LogP contribution is -2.39. The van der Waals surface area contributed by atoms with Gasteiger partial charge in [0.25, 0.3) is 0 Å². The van der Waals surface area contributed by atoms with Crippen LogP contribution in [0.15, 0.2) is 24.3 Å². The highest BCUT2D eigenvalue weighted by molar-refractivity contribution is 5.69. The molecule has 0 aliphatic heterocycles. The predicted molar refractivity (Wildman–Crippen MR) is 111 cm³/mol. The van der Waals surface area contributed by atoms with E-state index in [4.69, 9.17) is 4.74 Å². The minimum absolute atomic E-state index is 0.160. The number of aromatic nitrogens is 2. The number of nitrogens with zero attached hydrogens (tertiary/aromatic N) is 3. The van der Waals surface area contributed by atoms with Gasteiger partial charge in [0, 0.05) is 7.05 Å². The van der Waals surface area contributed by atoms with Crippen molar-refractivity contribution in [2.75, 3.05) is 7.05 Å². The molecule has 0 N–H and O–H groups in total. The van der Waals surface area contributed by atoms with Crippen molar-refractivity contribution < 1.29 is 18.3 Å². The molecular weight excluding hydrogens is 388 g/mol. The van der Waals surface area contributed by atoms with Crippen LogP contribution in [0.2, 0.25) is 0 Å². The van der Waals surface area contributed by atoms with E-state index < -0.39 is 23.3 Å². The molecule has 0 saturated carbocycles. The lowest BCUT2D eigenvalue weighted by atomic mass is 9.76. The average Bonchev–Trinajstić information content (AvgIpc) is 2.64. The Kier molecular flexibility index (Phi) is 6.11. The number of carbonyl (C=O) groups is 1. The van der Waals surface area contributed by atoms with Crippen LogP contribution in [0, 0.1) is 17.6 Å². The van der Waals surface area contributed by atoms with Crippen molar-refractivity contribution in [3.63, 3.8) is 0 Å². The summed E-state index contributed by atoms with van der Waals surface area (Å²) >= 11 is 0. The molecule has 2 atom stereocenters. The van der Waals surface area contributed by atoms with Crippen LogP contribution >= 0.6 is 0 Å². The van der Waals surface area contributed by atoms with Gasteiger partial charge in [0.15, 0.2) is 0 Å². The molecule has 162 valence electrons. The van der Waals surface area contributed by atoms with Crippen molar-refractivity contribution in [3.8, 4) is 11.3 Å². The van der Waals surface area contributed by atoms with Gasteiger partial charge in [-0.25, -0.2) is 13.6 Å². The lowest BCUT2D eigenvalue weighted by Gasteiger charge is -2.37. The number of benzene rings is 1. The summed E-state index contributed by atoms with van der Waals surface area (Å²) in [5, 5.41) is 8.49. The van der Waals surface area contributed by atoms with Gasteiger partial charge in [0.2, 0.25) is 0 Å². The average molecular weight is 418 g/mol. The van der Waals surface area contributed by atoms with E-state index in [2.05, 4.69) is 24.0 Å². The second-order valence-corrected chi connectivity index (χ2v) is 9.20. The van der Waals surface area contributed by atoms with Crippen molar-refractivity contribution in [1.82, 2.24) is 15.1 Å². The van der Waals surface area contributed by atoms with E-state index in [0.29, 0.717) is 18.0 Å². The van der Waals surface area contributed by atoms with Crippen LogP contribution in [0.5, 0.6) is 0 Å². The highest BCUT2D eigenvalue weighted by atomic mass is 19.1. The molecule has 0 bridgehead atoms. The Labute approximate surface area is 176 Å². The van der Waals surface area contributed by atoms with Crippen LogP contribution in [0.3, 0.4) is 0 Å². The molecule has 2 unspecified atom stereocenters. The Bertz CT molecular complexity index is 920. The Morgan fingerprint density at radius 1 is 1.17 bits per heavy atom. The molecular formula is C23H29F2N3O2. The second kappa shape index (κ2) is 8.28. The summed E-state index contributed by atoms with van der Waals surface area (Å²) in [5.74, 6) is -0.890. The fourth-order valence-electron chi connectivity index (χ4n) is 4.00. The van der Waals surface area contributed by atoms with E-state index >= 15 is 0 Å². The van der Waals surface area contributed by atoms with E-state index in [9.17, 15) is 13.6 Å². The standard InChI is InChI=1S/C23H29F2N3O2/c1-13(2)14-10-11-19(28(6)22(29)30-23(3,4)5)21-15(14)12-18(26-27-21)20-16(24)8-7-9-17(20)25/h7-9,12-14,19H,10-11H2,1-6H3. The molecule has 0 spiro atoms. The van der Waals surface area contributed by atoms with E-state index in [1.807, 2.05) is 20.8 Å². The van der Waals surface area contributed by atoms with Gasteiger partial charge in [-0.2, -0.15) is 5.10 Å². The third-order valence-electron chi connectivity index (χ3n) is 5.49. The minimum atomic E-state index is -0.677. The maximum Gasteiger partial charge on any atom is 0.410 e. The van der Waals surface area contributed by atoms with Gasteiger partial charge < -0.3 is 9.64 Å². The van der Waals surface area contributed by atoms with Crippen molar-refractivity contribution in [2.24, 2.45) is 5.92 Å². The molecule has 1 aliphatic carbocycles. The van der Waals surface area contributed by atoms with Crippen LogP contribution in [0.25, 0.3) is 11.3 Å². The molecule has 0 saturated heterocycles. The zero-order valence-corrected chi connectivity index (χ0v) is 18.4. The number of ether oxygens (including phenoxy) is 1. The van der Waals surface area contributed by atoms with Crippen molar-refractivity contribution in [1.29, 1.82) is 0 Å².